The summed E-state index contributed by atoms with van der Waals surface area (Å²) in [5.74, 6) is -0.373. The lowest BCUT2D eigenvalue weighted by Gasteiger charge is -2.27. The van der Waals surface area contributed by atoms with Gasteiger partial charge in [-0.1, -0.05) is 18.5 Å². The summed E-state index contributed by atoms with van der Waals surface area (Å²) in [6.07, 6.45) is 3.33. The van der Waals surface area contributed by atoms with Crippen molar-refractivity contribution in [1.29, 1.82) is 0 Å². The molecule has 23 heavy (non-hydrogen) atoms. The van der Waals surface area contributed by atoms with Gasteiger partial charge in [-0.3, -0.25) is 9.36 Å². The largest absolute Gasteiger partial charge is 0.467 e. The maximum Gasteiger partial charge on any atom is 0.329 e. The van der Waals surface area contributed by atoms with Crippen molar-refractivity contribution in [2.24, 2.45) is 0 Å². The van der Waals surface area contributed by atoms with Crippen LogP contribution in [-0.4, -0.2) is 40.4 Å². The lowest BCUT2D eigenvalue weighted by molar-refractivity contribution is -0.144. The zero-order chi connectivity index (χ0) is 16.8. The van der Waals surface area contributed by atoms with Crippen LogP contribution in [0.25, 0.3) is 0 Å². The minimum Gasteiger partial charge on any atom is -0.467 e. The second-order valence-electron chi connectivity index (χ2n) is 6.51. The van der Waals surface area contributed by atoms with Crippen molar-refractivity contribution in [3.05, 3.63) is 21.2 Å². The van der Waals surface area contributed by atoms with Crippen molar-refractivity contribution >= 4 is 23.4 Å². The number of nitrogens with zero attached hydrogens (tertiary/aromatic N) is 2. The lowest BCUT2D eigenvalue weighted by Crippen LogP contribution is -2.36. The molecule has 7 nitrogen and oxygen atoms in total. The Hall–Kier alpha value is -1.60. The van der Waals surface area contributed by atoms with Gasteiger partial charge in [0.1, 0.15) is 6.04 Å². The molecule has 0 amide bonds. The van der Waals surface area contributed by atoms with E-state index in [0.29, 0.717) is 5.69 Å². The molecular weight excluding hydrogens is 322 g/mol. The molecule has 126 valence electrons. The standard InChI is InChI=1S/C15H20ClN3O4/c1-15(7-20)6-9(14(22)23-2)19-10(15)11(16)18-12(13(19)21)17-8-4-3-5-8/h8-9,20H,3-7H2,1-2H3,(H,17,18)/t9-,15-/m0/s1. The van der Waals surface area contributed by atoms with Crippen LogP contribution in [0, 0.1) is 0 Å². The first-order valence-corrected chi connectivity index (χ1v) is 8.07. The molecule has 0 spiro atoms. The maximum atomic E-state index is 12.8. The fourth-order valence-corrected chi connectivity index (χ4v) is 3.67. The number of aliphatic hydroxyl groups is 1. The number of hydrogen-bond acceptors (Lipinski definition) is 6. The van der Waals surface area contributed by atoms with E-state index in [4.69, 9.17) is 16.3 Å². The molecule has 1 aliphatic heterocycles. The van der Waals surface area contributed by atoms with E-state index in [1.807, 2.05) is 0 Å². The predicted octanol–water partition coefficient (Wildman–Crippen LogP) is 1.23. The van der Waals surface area contributed by atoms with Crippen LogP contribution in [-0.2, 0) is 14.9 Å². The van der Waals surface area contributed by atoms with Gasteiger partial charge in [-0.05, 0) is 25.7 Å². The summed E-state index contributed by atoms with van der Waals surface area (Å²) in [7, 11) is 1.28. The summed E-state index contributed by atoms with van der Waals surface area (Å²) in [6, 6.07) is -0.589. The van der Waals surface area contributed by atoms with E-state index in [9.17, 15) is 14.7 Å². The molecule has 0 radical (unpaired) electrons. The van der Waals surface area contributed by atoms with E-state index in [2.05, 4.69) is 10.3 Å². The maximum absolute atomic E-state index is 12.8. The first kappa shape index (κ1) is 16.3. The number of methoxy groups -OCH3 is 1. The molecule has 1 fully saturated rings. The van der Waals surface area contributed by atoms with Crippen LogP contribution in [0.15, 0.2) is 4.79 Å². The van der Waals surface area contributed by atoms with Gasteiger partial charge < -0.3 is 15.2 Å². The molecule has 2 atom stereocenters. The molecular formula is C15H20ClN3O4. The normalized spacial score (nSPS) is 26.5. The molecule has 0 bridgehead atoms. The number of carbonyl (C=O) groups excluding carboxylic acids is 1. The first-order chi connectivity index (χ1) is 10.9. The van der Waals surface area contributed by atoms with E-state index >= 15 is 0 Å². The summed E-state index contributed by atoms with van der Waals surface area (Å²) < 4.78 is 6.14. The number of rotatable bonds is 4. The first-order valence-electron chi connectivity index (χ1n) is 7.69. The fraction of sp³-hybridized carbons (Fsp3) is 0.667. The molecule has 1 aromatic heterocycles. The molecule has 1 aliphatic carbocycles. The number of halogens is 1. The van der Waals surface area contributed by atoms with Crippen LogP contribution in [0.5, 0.6) is 0 Å². The Morgan fingerprint density at radius 1 is 1.57 bits per heavy atom. The number of anilines is 1. The third-order valence-electron chi connectivity index (χ3n) is 4.86. The molecule has 2 aliphatic rings. The summed E-state index contributed by atoms with van der Waals surface area (Å²) >= 11 is 6.29. The highest BCUT2D eigenvalue weighted by molar-refractivity contribution is 6.30. The quantitative estimate of drug-likeness (QED) is 0.800. The summed E-state index contributed by atoms with van der Waals surface area (Å²) in [5, 5.41) is 13.0. The second-order valence-corrected chi connectivity index (χ2v) is 6.87. The van der Waals surface area contributed by atoms with Crippen molar-refractivity contribution in [2.45, 2.75) is 50.1 Å². The van der Waals surface area contributed by atoms with Gasteiger partial charge in [-0.2, -0.15) is 0 Å². The smallest absolute Gasteiger partial charge is 0.329 e. The van der Waals surface area contributed by atoms with Crippen LogP contribution in [0.2, 0.25) is 5.15 Å². The molecule has 2 N–H and O–H groups in total. The Kier molecular flexibility index (Phi) is 4.10. The van der Waals surface area contributed by atoms with Gasteiger partial charge >= 0.3 is 5.97 Å². The Morgan fingerprint density at radius 3 is 2.78 bits per heavy atom. The van der Waals surface area contributed by atoms with E-state index in [0.717, 1.165) is 19.3 Å². The van der Waals surface area contributed by atoms with E-state index < -0.39 is 23.0 Å². The second kappa shape index (κ2) is 5.79. The number of fused-ring (bicyclic) bond motifs is 1. The molecule has 3 rings (SSSR count). The topological polar surface area (TPSA) is 93.5 Å². The van der Waals surface area contributed by atoms with Gasteiger partial charge in [-0.25, -0.2) is 9.78 Å². The monoisotopic (exact) mass is 341 g/mol. The molecule has 1 aromatic rings. The minimum atomic E-state index is -0.808. The average Bonchev–Trinajstić information content (AvgIpc) is 2.82. The van der Waals surface area contributed by atoms with Gasteiger partial charge in [0.15, 0.2) is 11.0 Å². The predicted molar refractivity (Wildman–Crippen MR) is 84.9 cm³/mol. The number of aromatic nitrogens is 2. The molecule has 8 heteroatoms. The molecule has 0 unspecified atom stereocenters. The number of aliphatic hydroxyl groups excluding tert-OH is 1. The summed E-state index contributed by atoms with van der Waals surface area (Å²) in [5.41, 5.74) is -0.818. The highest BCUT2D eigenvalue weighted by Gasteiger charge is 2.47. The van der Waals surface area contributed by atoms with E-state index in [-0.39, 0.29) is 30.0 Å². The third kappa shape index (κ3) is 2.52. The van der Waals surface area contributed by atoms with Gasteiger partial charge in [0, 0.05) is 11.5 Å². The Morgan fingerprint density at radius 2 is 2.26 bits per heavy atom. The Labute approximate surface area is 138 Å². The number of esters is 1. The van der Waals surface area contributed by atoms with E-state index in [1.54, 1.807) is 6.92 Å². The van der Waals surface area contributed by atoms with Crippen LogP contribution >= 0.6 is 11.6 Å². The summed E-state index contributed by atoms with van der Waals surface area (Å²) in [4.78, 5) is 29.1. The van der Waals surface area contributed by atoms with Crippen LogP contribution in [0.1, 0.15) is 44.3 Å². The Balaban J connectivity index is 2.13. The van der Waals surface area contributed by atoms with Crippen molar-refractivity contribution in [3.8, 4) is 0 Å². The number of nitrogens with one attached hydrogen (secondary N) is 1. The number of ether oxygens (including phenoxy) is 1. The van der Waals surface area contributed by atoms with E-state index in [1.165, 1.54) is 11.7 Å². The van der Waals surface area contributed by atoms with Gasteiger partial charge in [0.25, 0.3) is 5.56 Å². The fourth-order valence-electron chi connectivity index (χ4n) is 3.27. The van der Waals surface area contributed by atoms with Gasteiger partial charge in [-0.15, -0.1) is 0 Å². The zero-order valence-corrected chi connectivity index (χ0v) is 13.9. The number of hydrogen-bond donors (Lipinski definition) is 2. The third-order valence-corrected chi connectivity index (χ3v) is 5.13. The van der Waals surface area contributed by atoms with Gasteiger partial charge in [0.2, 0.25) is 0 Å². The zero-order valence-electron chi connectivity index (χ0n) is 13.1. The highest BCUT2D eigenvalue weighted by Crippen LogP contribution is 2.43. The molecule has 2 heterocycles. The average molecular weight is 342 g/mol. The van der Waals surface area contributed by atoms with Crippen LogP contribution in [0.4, 0.5) is 5.82 Å². The highest BCUT2D eigenvalue weighted by atomic mass is 35.5. The van der Waals surface area contributed by atoms with Crippen LogP contribution < -0.4 is 10.9 Å². The van der Waals surface area contributed by atoms with Crippen molar-refractivity contribution < 1.29 is 14.6 Å². The minimum absolute atomic E-state index is 0.134. The molecule has 1 saturated carbocycles. The molecule has 0 aromatic carbocycles. The SMILES string of the molecule is COC(=O)[C@@H]1C[C@@](C)(CO)c2c(Cl)nc(NC3CCC3)c(=O)n21. The van der Waals surface area contributed by atoms with Gasteiger partial charge in [0.05, 0.1) is 19.4 Å². The van der Waals surface area contributed by atoms with Crippen molar-refractivity contribution in [2.75, 3.05) is 19.0 Å². The summed E-state index contributed by atoms with van der Waals surface area (Å²) in [6.45, 7) is 1.52. The van der Waals surface area contributed by atoms with Crippen molar-refractivity contribution in [3.63, 3.8) is 0 Å². The Bertz CT molecular complexity index is 701. The van der Waals surface area contributed by atoms with Crippen molar-refractivity contribution in [1.82, 2.24) is 9.55 Å². The molecule has 0 saturated heterocycles. The lowest BCUT2D eigenvalue weighted by atomic mass is 9.85. The van der Waals surface area contributed by atoms with Crippen LogP contribution in [0.3, 0.4) is 0 Å². The number of carbonyl (C=O) groups is 1.